The van der Waals surface area contributed by atoms with Crippen molar-refractivity contribution < 1.29 is 72.2 Å². The lowest BCUT2D eigenvalue weighted by Gasteiger charge is -2.50. The van der Waals surface area contributed by atoms with Crippen LogP contribution in [0, 0.1) is 53.3 Å². The van der Waals surface area contributed by atoms with E-state index in [-0.39, 0.29) is 94.6 Å². The number of rotatable bonds is 33. The van der Waals surface area contributed by atoms with Crippen molar-refractivity contribution in [2.75, 3.05) is 79.3 Å². The van der Waals surface area contributed by atoms with Crippen molar-refractivity contribution in [2.45, 2.75) is 215 Å². The van der Waals surface area contributed by atoms with Crippen LogP contribution in [0.25, 0.3) is 0 Å². The maximum absolute atomic E-state index is 9.90. The molecule has 69 heavy (non-hydrogen) atoms. The average molecular weight is 991 g/mol. The molecule has 3 heterocycles. The molecule has 0 aromatic heterocycles. The van der Waals surface area contributed by atoms with E-state index in [0.29, 0.717) is 114 Å². The number of hydrogen-bond donors (Lipinski definition) is 3. The second-order valence-corrected chi connectivity index (χ2v) is 21.0. The second-order valence-electron chi connectivity index (χ2n) is 21.0. The molecule has 15 heteroatoms. The Hall–Kier alpha value is -0.600. The van der Waals surface area contributed by atoms with E-state index in [1.165, 1.54) is 0 Å². The lowest BCUT2D eigenvalue weighted by atomic mass is 9.78. The molecule has 15 unspecified atom stereocenters. The van der Waals surface area contributed by atoms with Gasteiger partial charge in [-0.15, -0.1) is 0 Å². The highest BCUT2D eigenvalue weighted by Gasteiger charge is 2.55. The molecule has 1 aliphatic carbocycles. The molecule has 0 bridgehead atoms. The van der Waals surface area contributed by atoms with E-state index >= 15 is 0 Å². The van der Waals surface area contributed by atoms with Gasteiger partial charge in [0, 0.05) is 77.2 Å². The van der Waals surface area contributed by atoms with Gasteiger partial charge in [0.1, 0.15) is 36.6 Å². The Morgan fingerprint density at radius 1 is 0.275 bits per heavy atom. The Labute approximate surface area is 418 Å². The fraction of sp³-hybridized carbons (Fsp3) is 1.00. The highest BCUT2D eigenvalue weighted by molar-refractivity contribution is 5.04. The zero-order valence-corrected chi connectivity index (χ0v) is 45.2. The molecule has 4 rings (SSSR count). The molecule has 1 saturated carbocycles. The van der Waals surface area contributed by atoms with E-state index in [0.717, 1.165) is 19.3 Å². The number of aliphatic hydroxyl groups is 3. The maximum atomic E-state index is 9.90. The van der Waals surface area contributed by atoms with Gasteiger partial charge < -0.3 is 72.2 Å². The molecular formula is C54H102O15. The summed E-state index contributed by atoms with van der Waals surface area (Å²) in [5.41, 5.74) is 0. The third-order valence-corrected chi connectivity index (χ3v) is 16.6. The number of aliphatic hydroxyl groups excluding tert-OH is 3. The van der Waals surface area contributed by atoms with Gasteiger partial charge in [-0.2, -0.15) is 0 Å². The first kappa shape index (κ1) is 61.0. The van der Waals surface area contributed by atoms with Crippen molar-refractivity contribution in [1.29, 1.82) is 0 Å². The van der Waals surface area contributed by atoms with Crippen LogP contribution < -0.4 is 0 Å². The lowest BCUT2D eigenvalue weighted by molar-refractivity contribution is -0.286. The van der Waals surface area contributed by atoms with Crippen molar-refractivity contribution in [2.24, 2.45) is 53.3 Å². The van der Waals surface area contributed by atoms with Gasteiger partial charge in [-0.25, -0.2) is 0 Å². The molecule has 15 nitrogen and oxygen atoms in total. The lowest BCUT2D eigenvalue weighted by Crippen LogP contribution is -2.68. The zero-order chi connectivity index (χ0) is 50.5. The highest BCUT2D eigenvalue weighted by atomic mass is 16.7. The minimum absolute atomic E-state index is 0.0449. The summed E-state index contributed by atoms with van der Waals surface area (Å²) in [6.45, 7) is 29.7. The summed E-state index contributed by atoms with van der Waals surface area (Å²) >= 11 is 0. The number of hydrogen-bond acceptors (Lipinski definition) is 15. The molecule has 3 saturated heterocycles. The summed E-state index contributed by atoms with van der Waals surface area (Å²) in [4.78, 5) is 0. The van der Waals surface area contributed by atoms with Gasteiger partial charge in [0.15, 0.2) is 18.9 Å². The van der Waals surface area contributed by atoms with E-state index in [1.54, 1.807) is 0 Å². The van der Waals surface area contributed by atoms with E-state index in [1.807, 2.05) is 0 Å². The second kappa shape index (κ2) is 32.7. The van der Waals surface area contributed by atoms with Crippen molar-refractivity contribution in [3.05, 3.63) is 0 Å². The van der Waals surface area contributed by atoms with Crippen molar-refractivity contribution in [3.63, 3.8) is 0 Å². The van der Waals surface area contributed by atoms with Crippen LogP contribution >= 0.6 is 0 Å². The van der Waals surface area contributed by atoms with Crippen LogP contribution in [0.3, 0.4) is 0 Å². The van der Waals surface area contributed by atoms with Crippen molar-refractivity contribution >= 4 is 0 Å². The zero-order valence-electron chi connectivity index (χ0n) is 45.2. The molecule has 0 aromatic carbocycles. The van der Waals surface area contributed by atoms with E-state index in [4.69, 9.17) is 56.8 Å². The van der Waals surface area contributed by atoms with E-state index in [9.17, 15) is 15.3 Å². The van der Waals surface area contributed by atoms with Gasteiger partial charge in [0.05, 0.1) is 38.1 Å². The molecule has 4 aliphatic rings. The van der Waals surface area contributed by atoms with Crippen LogP contribution in [0.2, 0.25) is 0 Å². The first-order chi connectivity index (χ1) is 33.3. The van der Waals surface area contributed by atoms with Gasteiger partial charge in [0.2, 0.25) is 0 Å². The number of ether oxygens (including phenoxy) is 12. The molecule has 3 N–H and O–H groups in total. The molecule has 3 aliphatic heterocycles. The Kier molecular flexibility index (Phi) is 28.8. The normalized spacial score (nSPS) is 39.8. The summed E-state index contributed by atoms with van der Waals surface area (Å²) in [6, 6.07) is 0. The first-order valence-electron chi connectivity index (χ1n) is 27.6. The average Bonchev–Trinajstić information content (AvgIpc) is 3.35. The third-order valence-electron chi connectivity index (χ3n) is 16.6. The van der Waals surface area contributed by atoms with E-state index < -0.39 is 36.6 Å². The third kappa shape index (κ3) is 17.5. The minimum Gasteiger partial charge on any atom is -0.396 e. The van der Waals surface area contributed by atoms with Gasteiger partial charge in [-0.1, -0.05) is 83.1 Å². The van der Waals surface area contributed by atoms with Gasteiger partial charge in [-0.3, -0.25) is 0 Å². The summed E-state index contributed by atoms with van der Waals surface area (Å²) in [7, 11) is 0. The minimum atomic E-state index is -0.690. The van der Waals surface area contributed by atoms with Crippen molar-refractivity contribution in [3.8, 4) is 0 Å². The Bertz CT molecular complexity index is 1150. The van der Waals surface area contributed by atoms with Gasteiger partial charge >= 0.3 is 0 Å². The van der Waals surface area contributed by atoms with Crippen LogP contribution in [0.4, 0.5) is 0 Å². The summed E-state index contributed by atoms with van der Waals surface area (Å²) in [6.07, 6.45) is 1.29. The van der Waals surface area contributed by atoms with Crippen LogP contribution in [0.15, 0.2) is 0 Å². The van der Waals surface area contributed by atoms with Gasteiger partial charge in [0.25, 0.3) is 0 Å². The molecule has 0 amide bonds. The molecular weight excluding hydrogens is 889 g/mol. The van der Waals surface area contributed by atoms with Crippen molar-refractivity contribution in [1.82, 2.24) is 0 Å². The molecule has 0 radical (unpaired) electrons. The monoisotopic (exact) mass is 991 g/mol. The smallest absolute Gasteiger partial charge is 0.160 e. The fourth-order valence-corrected chi connectivity index (χ4v) is 11.0. The topological polar surface area (TPSA) is 171 Å². The standard InChI is InChI=1S/C54H102O15/c1-13-43-37(7)34(4)40(10)52(67-43)64-31-19-28-61-49-46(58-25-16-22-55)50(62-29-20-32-65-53-41(11)35(5)38(8)44(14-2)68-53)48(60-27-18-24-57)51(47(49)59-26-17-23-56)63-30-21-33-66-54-42(12)36(6)39(9)45(15-3)69-54/h34-57H,13-33H2,1-12H3. The fourth-order valence-electron chi connectivity index (χ4n) is 11.0. The quantitative estimate of drug-likeness (QED) is 0.0544. The van der Waals surface area contributed by atoms with Crippen LogP contribution in [0.1, 0.15) is 141 Å². The highest BCUT2D eigenvalue weighted by Crippen LogP contribution is 2.40. The predicted octanol–water partition coefficient (Wildman–Crippen LogP) is 7.81. The Balaban J connectivity index is 1.57. The first-order valence-corrected chi connectivity index (χ1v) is 27.6. The van der Waals surface area contributed by atoms with Gasteiger partial charge in [-0.05, 0) is 93.3 Å². The largest absolute Gasteiger partial charge is 0.396 e. The van der Waals surface area contributed by atoms with Crippen LogP contribution in [-0.2, 0) is 56.8 Å². The molecule has 4 fully saturated rings. The Morgan fingerprint density at radius 3 is 0.681 bits per heavy atom. The SMILES string of the molecule is CCC1OC(OCCCOC2C(OCCCO)C(OCCCOC3OC(CC)C(C)C(C)C3C)C(OCCCO)C(OCCCOC3OC(CC)C(C)C(C)C3C)C2OCCCO)C(C)C(C)C1C. The van der Waals surface area contributed by atoms with E-state index in [2.05, 4.69) is 83.1 Å². The Morgan fingerprint density at radius 2 is 0.478 bits per heavy atom. The predicted molar refractivity (Wildman–Crippen MR) is 265 cm³/mol. The molecule has 15 atom stereocenters. The molecule has 0 aromatic rings. The summed E-state index contributed by atoms with van der Waals surface area (Å²) in [5.74, 6) is 3.53. The summed E-state index contributed by atoms with van der Waals surface area (Å²) in [5, 5.41) is 29.7. The maximum Gasteiger partial charge on any atom is 0.160 e. The molecule has 408 valence electrons. The summed E-state index contributed by atoms with van der Waals surface area (Å²) < 4.78 is 79.3. The van der Waals surface area contributed by atoms with Crippen LogP contribution in [0.5, 0.6) is 0 Å². The molecule has 0 spiro atoms. The van der Waals surface area contributed by atoms with Crippen LogP contribution in [-0.4, -0.2) is 168 Å².